The smallest absolute Gasteiger partial charge is 0.307 e. The van der Waals surface area contributed by atoms with E-state index in [4.69, 9.17) is 9.84 Å². The van der Waals surface area contributed by atoms with Gasteiger partial charge in [-0.1, -0.05) is 6.92 Å². The van der Waals surface area contributed by atoms with Gasteiger partial charge >= 0.3 is 5.97 Å². The highest BCUT2D eigenvalue weighted by atomic mass is 16.5. The summed E-state index contributed by atoms with van der Waals surface area (Å²) in [6.07, 6.45) is 3.35. The maximum atomic E-state index is 10.7. The zero-order chi connectivity index (χ0) is 9.42. The molecule has 0 aromatic rings. The Labute approximate surface area is 78.1 Å². The summed E-state index contributed by atoms with van der Waals surface area (Å²) in [6.45, 7) is 2.91. The second-order valence-electron chi connectivity index (χ2n) is 4.16. The van der Waals surface area contributed by atoms with Crippen LogP contribution in [-0.2, 0) is 9.53 Å². The minimum absolute atomic E-state index is 0.0403. The van der Waals surface area contributed by atoms with Crippen LogP contribution in [0.2, 0.25) is 0 Å². The minimum Gasteiger partial charge on any atom is -0.481 e. The predicted molar refractivity (Wildman–Crippen MR) is 47.4 cm³/mol. The molecule has 2 atom stereocenters. The van der Waals surface area contributed by atoms with Crippen LogP contribution in [0.4, 0.5) is 0 Å². The van der Waals surface area contributed by atoms with Gasteiger partial charge in [-0.25, -0.2) is 0 Å². The summed E-state index contributed by atoms with van der Waals surface area (Å²) in [6, 6.07) is 0. The van der Waals surface area contributed by atoms with Gasteiger partial charge in [-0.05, 0) is 31.1 Å². The molecule has 2 saturated carbocycles. The molecule has 74 valence electrons. The first-order valence-corrected chi connectivity index (χ1v) is 5.08. The van der Waals surface area contributed by atoms with Crippen molar-refractivity contribution in [2.75, 3.05) is 6.61 Å². The molecule has 0 radical (unpaired) electrons. The summed E-state index contributed by atoms with van der Waals surface area (Å²) >= 11 is 0. The number of ether oxygens (including phenoxy) is 1. The molecule has 2 aliphatic carbocycles. The van der Waals surface area contributed by atoms with Crippen molar-refractivity contribution in [2.24, 2.45) is 17.8 Å². The van der Waals surface area contributed by atoms with Gasteiger partial charge in [-0.3, -0.25) is 4.79 Å². The quantitative estimate of drug-likeness (QED) is 0.720. The zero-order valence-corrected chi connectivity index (χ0v) is 7.90. The third-order valence-electron chi connectivity index (χ3n) is 3.24. The minimum atomic E-state index is -0.607. The number of fused-ring (bicyclic) bond motifs is 1. The van der Waals surface area contributed by atoms with Crippen molar-refractivity contribution in [3.8, 4) is 0 Å². The fourth-order valence-corrected chi connectivity index (χ4v) is 2.58. The van der Waals surface area contributed by atoms with Crippen LogP contribution in [0.15, 0.2) is 0 Å². The summed E-state index contributed by atoms with van der Waals surface area (Å²) in [4.78, 5) is 10.7. The van der Waals surface area contributed by atoms with E-state index in [1.165, 1.54) is 0 Å². The van der Waals surface area contributed by atoms with Crippen molar-refractivity contribution >= 4 is 5.97 Å². The Balaban J connectivity index is 1.74. The van der Waals surface area contributed by atoms with E-state index in [9.17, 15) is 4.79 Å². The van der Waals surface area contributed by atoms with Crippen molar-refractivity contribution in [1.29, 1.82) is 0 Å². The first-order chi connectivity index (χ1) is 6.24. The molecule has 0 aromatic carbocycles. The molecule has 13 heavy (non-hydrogen) atoms. The zero-order valence-electron chi connectivity index (χ0n) is 7.90. The maximum Gasteiger partial charge on any atom is 0.307 e. The van der Waals surface area contributed by atoms with E-state index in [0.717, 1.165) is 25.9 Å². The summed E-state index contributed by atoms with van der Waals surface area (Å²) < 4.78 is 5.59. The Kier molecular flexibility index (Phi) is 2.28. The molecule has 2 unspecified atom stereocenters. The molecule has 3 heteroatoms. The van der Waals surface area contributed by atoms with E-state index in [2.05, 4.69) is 6.92 Å². The van der Waals surface area contributed by atoms with E-state index in [0.29, 0.717) is 17.9 Å². The third kappa shape index (κ3) is 1.57. The number of rotatable bonds is 4. The second kappa shape index (κ2) is 3.29. The number of hydrogen-bond acceptors (Lipinski definition) is 2. The Hall–Kier alpha value is -0.570. The van der Waals surface area contributed by atoms with Crippen molar-refractivity contribution in [1.82, 2.24) is 0 Å². The molecule has 0 spiro atoms. The molecular formula is C10H16O3. The predicted octanol–water partition coefficient (Wildman–Crippen LogP) is 1.52. The van der Waals surface area contributed by atoms with Gasteiger partial charge in [0.05, 0.1) is 12.0 Å². The average molecular weight is 184 g/mol. The monoisotopic (exact) mass is 184 g/mol. The van der Waals surface area contributed by atoms with Gasteiger partial charge in [0.1, 0.15) is 0 Å². The fraction of sp³-hybridized carbons (Fsp3) is 0.900. The molecule has 1 N–H and O–H groups in total. The SMILES string of the molecule is CCCOC1CC2C(C1)C2C(=O)O. The summed E-state index contributed by atoms with van der Waals surface area (Å²) in [7, 11) is 0. The molecule has 2 aliphatic rings. The topological polar surface area (TPSA) is 46.5 Å². The van der Waals surface area contributed by atoms with E-state index in [-0.39, 0.29) is 5.92 Å². The van der Waals surface area contributed by atoms with Crippen LogP contribution in [0, 0.1) is 17.8 Å². The third-order valence-corrected chi connectivity index (χ3v) is 3.24. The van der Waals surface area contributed by atoms with Crippen LogP contribution >= 0.6 is 0 Å². The van der Waals surface area contributed by atoms with Gasteiger partial charge < -0.3 is 9.84 Å². The molecule has 0 bridgehead atoms. The lowest BCUT2D eigenvalue weighted by atomic mass is 10.1. The lowest BCUT2D eigenvalue weighted by molar-refractivity contribution is -0.139. The molecular weight excluding hydrogens is 168 g/mol. The highest BCUT2D eigenvalue weighted by molar-refractivity contribution is 5.74. The Morgan fingerprint density at radius 3 is 2.54 bits per heavy atom. The Morgan fingerprint density at radius 2 is 2.08 bits per heavy atom. The van der Waals surface area contributed by atoms with Crippen LogP contribution in [0.5, 0.6) is 0 Å². The van der Waals surface area contributed by atoms with Crippen molar-refractivity contribution in [3.05, 3.63) is 0 Å². The summed E-state index contributed by atoms with van der Waals surface area (Å²) in [5.74, 6) is 0.212. The van der Waals surface area contributed by atoms with Crippen LogP contribution < -0.4 is 0 Å². The molecule has 0 saturated heterocycles. The Bertz CT molecular complexity index is 202. The van der Waals surface area contributed by atoms with Crippen LogP contribution in [-0.4, -0.2) is 23.8 Å². The number of carbonyl (C=O) groups is 1. The van der Waals surface area contributed by atoms with E-state index >= 15 is 0 Å². The molecule has 0 heterocycles. The number of carboxylic acids is 1. The number of aliphatic carboxylic acids is 1. The first-order valence-electron chi connectivity index (χ1n) is 5.08. The molecule has 3 nitrogen and oxygen atoms in total. The van der Waals surface area contributed by atoms with Crippen molar-refractivity contribution in [2.45, 2.75) is 32.3 Å². The lowest BCUT2D eigenvalue weighted by Crippen LogP contribution is -2.15. The van der Waals surface area contributed by atoms with Crippen LogP contribution in [0.1, 0.15) is 26.2 Å². The lowest BCUT2D eigenvalue weighted by Gasteiger charge is -2.13. The maximum absolute atomic E-state index is 10.7. The molecule has 2 fully saturated rings. The van der Waals surface area contributed by atoms with Gasteiger partial charge in [0, 0.05) is 6.61 Å². The van der Waals surface area contributed by atoms with Crippen LogP contribution in [0.25, 0.3) is 0 Å². The van der Waals surface area contributed by atoms with E-state index in [1.807, 2.05) is 0 Å². The van der Waals surface area contributed by atoms with Gasteiger partial charge in [0.2, 0.25) is 0 Å². The summed E-state index contributed by atoms with van der Waals surface area (Å²) in [5.41, 5.74) is 0. The molecule has 0 aromatic heterocycles. The van der Waals surface area contributed by atoms with Crippen molar-refractivity contribution < 1.29 is 14.6 Å². The second-order valence-corrected chi connectivity index (χ2v) is 4.16. The van der Waals surface area contributed by atoms with Crippen LogP contribution in [0.3, 0.4) is 0 Å². The first kappa shape index (κ1) is 9.00. The highest BCUT2D eigenvalue weighted by Gasteiger charge is 2.60. The van der Waals surface area contributed by atoms with Crippen molar-refractivity contribution in [3.63, 3.8) is 0 Å². The highest BCUT2D eigenvalue weighted by Crippen LogP contribution is 2.58. The fourth-order valence-electron chi connectivity index (χ4n) is 2.58. The molecule has 2 rings (SSSR count). The number of hydrogen-bond donors (Lipinski definition) is 1. The van der Waals surface area contributed by atoms with E-state index < -0.39 is 5.97 Å². The van der Waals surface area contributed by atoms with Gasteiger partial charge in [0.25, 0.3) is 0 Å². The summed E-state index contributed by atoms with van der Waals surface area (Å²) in [5, 5.41) is 8.78. The van der Waals surface area contributed by atoms with Gasteiger partial charge in [-0.2, -0.15) is 0 Å². The molecule has 0 amide bonds. The van der Waals surface area contributed by atoms with Gasteiger partial charge in [-0.15, -0.1) is 0 Å². The van der Waals surface area contributed by atoms with Gasteiger partial charge in [0.15, 0.2) is 0 Å². The normalized spacial score (nSPS) is 41.6. The Morgan fingerprint density at radius 1 is 1.46 bits per heavy atom. The number of carboxylic acid groups (broad SMARTS) is 1. The standard InChI is InChI=1S/C10H16O3/c1-2-3-13-6-4-7-8(5-6)9(7)10(11)12/h6-9H,2-5H2,1H3,(H,11,12). The average Bonchev–Trinajstić information content (AvgIpc) is 2.61. The van der Waals surface area contributed by atoms with E-state index in [1.54, 1.807) is 0 Å². The largest absolute Gasteiger partial charge is 0.481 e. The molecule has 0 aliphatic heterocycles.